The molecule has 0 aromatic rings. The minimum absolute atomic E-state index is 0. The molecule has 33 heavy (non-hydrogen) atoms. The number of cyclic esters (lactones) is 1. The van der Waals surface area contributed by atoms with Crippen LogP contribution < -0.4 is 29.6 Å². The van der Waals surface area contributed by atoms with E-state index < -0.39 is 17.9 Å². The third-order valence-electron chi connectivity index (χ3n) is 5.44. The van der Waals surface area contributed by atoms with Crippen molar-refractivity contribution in [3.05, 3.63) is 0 Å². The molecule has 0 aromatic heterocycles. The molecular weight excluding hydrogens is 451 g/mol. The summed E-state index contributed by atoms with van der Waals surface area (Å²) in [7, 11) is 0. The summed E-state index contributed by atoms with van der Waals surface area (Å²) in [6.45, 7) is 3.45. The van der Waals surface area contributed by atoms with Gasteiger partial charge in [0, 0.05) is 65.3 Å². The van der Waals surface area contributed by atoms with Gasteiger partial charge < -0.3 is 25.5 Å². The second kappa shape index (κ2) is 16.3. The van der Waals surface area contributed by atoms with E-state index in [4.69, 9.17) is 9.84 Å². The van der Waals surface area contributed by atoms with Gasteiger partial charge in [0.1, 0.15) is 6.10 Å². The summed E-state index contributed by atoms with van der Waals surface area (Å²) in [5, 5.41) is 27.6. The molecule has 0 aliphatic carbocycles. The van der Waals surface area contributed by atoms with Crippen LogP contribution in [0, 0.1) is 0 Å². The van der Waals surface area contributed by atoms with Crippen molar-refractivity contribution in [2.45, 2.75) is 18.9 Å². The molecule has 14 heteroatoms. The van der Waals surface area contributed by atoms with Crippen molar-refractivity contribution in [2.24, 2.45) is 0 Å². The molecule has 2 saturated heterocycles. The van der Waals surface area contributed by atoms with Crippen molar-refractivity contribution >= 4 is 23.9 Å². The number of carbonyl (C=O) groups is 4. The van der Waals surface area contributed by atoms with E-state index in [0.717, 1.165) is 0 Å². The van der Waals surface area contributed by atoms with Gasteiger partial charge in [-0.05, 0) is 6.42 Å². The number of hydrogen-bond donors (Lipinski definition) is 3. The van der Waals surface area contributed by atoms with Crippen LogP contribution in [-0.2, 0) is 23.9 Å². The van der Waals surface area contributed by atoms with Crippen LogP contribution in [0.1, 0.15) is 12.8 Å². The number of ether oxygens (including phenoxy) is 1. The van der Waals surface area contributed by atoms with Crippen LogP contribution >= 0.6 is 0 Å². The molecule has 184 valence electrons. The first-order valence-electron chi connectivity index (χ1n) is 10.5. The molecule has 2 aliphatic rings. The topological polar surface area (TPSA) is 181 Å². The number of carbonyl (C=O) groups excluding carboxylic acids is 1. The van der Waals surface area contributed by atoms with E-state index in [0.29, 0.717) is 71.7 Å². The molecule has 0 aromatic carbocycles. The van der Waals surface area contributed by atoms with E-state index in [2.05, 4.69) is 4.90 Å². The maximum absolute atomic E-state index is 11.4. The fourth-order valence-electron chi connectivity index (χ4n) is 3.81. The van der Waals surface area contributed by atoms with Gasteiger partial charge in [0.05, 0.1) is 19.6 Å². The van der Waals surface area contributed by atoms with E-state index >= 15 is 0 Å². The third-order valence-corrected chi connectivity index (χ3v) is 5.44. The molecule has 2 aliphatic heterocycles. The number of rotatable bonds is 8. The normalized spacial score (nSPS) is 22.2. The average molecular weight is 484 g/mol. The molecule has 0 radical (unpaired) electrons. The second-order valence-electron chi connectivity index (χ2n) is 7.96. The maximum atomic E-state index is 11.4. The Kier molecular flexibility index (Phi) is 15.7. The number of hydrogen-bond acceptors (Lipinski definition) is 10. The van der Waals surface area contributed by atoms with Crippen molar-refractivity contribution in [1.29, 1.82) is 0 Å². The van der Waals surface area contributed by atoms with Crippen LogP contribution in [0.5, 0.6) is 0 Å². The summed E-state index contributed by atoms with van der Waals surface area (Å²) >= 11 is 0. The van der Waals surface area contributed by atoms with Crippen LogP contribution in [0.25, 0.3) is 0 Å². The smallest absolute Gasteiger partial charge is 0.870 e. The van der Waals surface area contributed by atoms with Crippen molar-refractivity contribution < 1.29 is 74.3 Å². The molecule has 13 nitrogen and oxygen atoms in total. The van der Waals surface area contributed by atoms with Gasteiger partial charge in [-0.3, -0.25) is 38.8 Å². The first kappa shape index (κ1) is 31.7. The number of carboxylic acids is 3. The Bertz CT molecular complexity index is 623. The molecule has 0 bridgehead atoms. The summed E-state index contributed by atoms with van der Waals surface area (Å²) in [4.78, 5) is 52.4. The first-order chi connectivity index (χ1) is 14.7. The summed E-state index contributed by atoms with van der Waals surface area (Å²) in [5.74, 6) is -3.13. The minimum atomic E-state index is -0.987. The molecule has 0 amide bonds. The Morgan fingerprint density at radius 3 is 1.33 bits per heavy atom. The van der Waals surface area contributed by atoms with Crippen LogP contribution in [0.2, 0.25) is 0 Å². The van der Waals surface area contributed by atoms with E-state index in [1.807, 2.05) is 0 Å². The number of aliphatic carboxylic acids is 3. The zero-order chi connectivity index (χ0) is 22.8. The van der Waals surface area contributed by atoms with Gasteiger partial charge in [-0.2, -0.15) is 0 Å². The SMILES string of the molecule is O=C(O)CN1CCN(CC(=O)O)CCN(CC2CCC(=O)O2)CCN(CC(=O)O)CC1.[Na+].[OH-]. The predicted molar refractivity (Wildman–Crippen MR) is 110 cm³/mol. The van der Waals surface area contributed by atoms with Gasteiger partial charge in [-0.25, -0.2) is 0 Å². The first-order valence-corrected chi connectivity index (χ1v) is 10.5. The molecule has 0 saturated carbocycles. The van der Waals surface area contributed by atoms with Crippen LogP contribution in [0.4, 0.5) is 0 Å². The van der Waals surface area contributed by atoms with Crippen LogP contribution in [-0.4, -0.2) is 149 Å². The Morgan fingerprint density at radius 2 is 1.06 bits per heavy atom. The zero-order valence-electron chi connectivity index (χ0n) is 19.1. The van der Waals surface area contributed by atoms with E-state index in [9.17, 15) is 29.4 Å². The molecule has 4 N–H and O–H groups in total. The summed E-state index contributed by atoms with van der Waals surface area (Å²) < 4.78 is 5.31. The Labute approximate surface area is 214 Å². The zero-order valence-corrected chi connectivity index (χ0v) is 21.1. The van der Waals surface area contributed by atoms with Gasteiger partial charge in [0.2, 0.25) is 0 Å². The van der Waals surface area contributed by atoms with Crippen molar-refractivity contribution in [3.63, 3.8) is 0 Å². The monoisotopic (exact) mass is 484 g/mol. The van der Waals surface area contributed by atoms with Crippen LogP contribution in [0.3, 0.4) is 0 Å². The standard InChI is InChI=1S/C19H32N4O8.Na.H2O/c24-16(25)12-21-5-3-20(11-15-1-2-19(30)31-15)4-6-22(13-17(26)27)8-10-23(9-7-21)14-18(28)29;;/h15H,1-14H2,(H,24,25)(H,26,27)(H,28,29);;1H2/q;+1;/p-1. The summed E-state index contributed by atoms with van der Waals surface area (Å²) in [6, 6.07) is 0. The molecule has 2 fully saturated rings. The van der Waals surface area contributed by atoms with E-state index in [-0.39, 0.29) is 66.7 Å². The molecule has 2 rings (SSSR count). The van der Waals surface area contributed by atoms with Gasteiger partial charge in [-0.15, -0.1) is 0 Å². The van der Waals surface area contributed by atoms with Crippen LogP contribution in [0.15, 0.2) is 0 Å². The van der Waals surface area contributed by atoms with E-state index in [1.165, 1.54) is 0 Å². The Morgan fingerprint density at radius 1 is 0.727 bits per heavy atom. The Balaban J connectivity index is 0.00000512. The van der Waals surface area contributed by atoms with Crippen molar-refractivity contribution in [1.82, 2.24) is 19.6 Å². The van der Waals surface area contributed by atoms with E-state index in [1.54, 1.807) is 14.7 Å². The van der Waals surface area contributed by atoms with Crippen molar-refractivity contribution in [2.75, 3.05) is 78.5 Å². The molecule has 1 atom stereocenters. The fourth-order valence-corrected chi connectivity index (χ4v) is 3.81. The summed E-state index contributed by atoms with van der Waals surface area (Å²) in [5.41, 5.74) is 0. The fraction of sp³-hybridized carbons (Fsp3) is 0.789. The van der Waals surface area contributed by atoms with Gasteiger partial charge in [-0.1, -0.05) is 0 Å². The largest absolute Gasteiger partial charge is 1.00 e. The van der Waals surface area contributed by atoms with Gasteiger partial charge in [0.25, 0.3) is 0 Å². The molecule has 1 unspecified atom stereocenters. The third kappa shape index (κ3) is 13.2. The Hall–Kier alpha value is -1.32. The maximum Gasteiger partial charge on any atom is 1.00 e. The van der Waals surface area contributed by atoms with Gasteiger partial charge >= 0.3 is 53.4 Å². The van der Waals surface area contributed by atoms with Crippen molar-refractivity contribution in [3.8, 4) is 0 Å². The van der Waals surface area contributed by atoms with Gasteiger partial charge in [0.15, 0.2) is 0 Å². The number of carboxylic acid groups (broad SMARTS) is 3. The summed E-state index contributed by atoms with van der Waals surface area (Å²) in [6.07, 6.45) is 0.804. The number of nitrogens with zero attached hydrogens (tertiary/aromatic N) is 4. The quantitative estimate of drug-likeness (QED) is 0.220. The molecule has 0 spiro atoms. The molecular formula is C19H33N4NaO9. The minimum Gasteiger partial charge on any atom is -0.870 e. The molecule has 2 heterocycles. The number of esters is 1. The average Bonchev–Trinajstić information content (AvgIpc) is 3.07. The predicted octanol–water partition coefficient (Wildman–Crippen LogP) is -5.01. The second-order valence-corrected chi connectivity index (χ2v) is 7.96.